The van der Waals surface area contributed by atoms with Crippen LogP contribution in [0.25, 0.3) is 5.57 Å². The van der Waals surface area contributed by atoms with Crippen LogP contribution in [0.15, 0.2) is 71.7 Å². The maximum atomic E-state index is 4.59. The molecule has 0 bridgehead atoms. The maximum Gasteiger partial charge on any atom is 0.0654 e. The molecule has 0 spiro atoms. The lowest BCUT2D eigenvalue weighted by molar-refractivity contribution is 1.29. The van der Waals surface area contributed by atoms with Crippen molar-refractivity contribution in [1.29, 1.82) is 0 Å². The highest BCUT2D eigenvalue weighted by Crippen LogP contribution is 2.21. The largest absolute Gasteiger partial charge is 0.280 e. The molecule has 0 aliphatic carbocycles. The number of aliphatic imine (C=N–C) groups is 1. The average molecular weight is 219 g/mol. The molecular weight excluding hydrogens is 206 g/mol. The Morgan fingerprint density at radius 1 is 0.706 bits per heavy atom. The zero-order valence-corrected chi connectivity index (χ0v) is 9.51. The van der Waals surface area contributed by atoms with Crippen LogP contribution in [0, 0.1) is 0 Å². The highest BCUT2D eigenvalue weighted by molar-refractivity contribution is 6.14. The molecule has 0 N–H and O–H groups in total. The van der Waals surface area contributed by atoms with E-state index in [-0.39, 0.29) is 0 Å². The summed E-state index contributed by atoms with van der Waals surface area (Å²) >= 11 is 0. The quantitative estimate of drug-likeness (QED) is 0.732. The summed E-state index contributed by atoms with van der Waals surface area (Å²) in [6, 6.07) is 20.8. The van der Waals surface area contributed by atoms with Crippen molar-refractivity contribution in [2.45, 2.75) is 0 Å². The first-order valence-electron chi connectivity index (χ1n) is 5.79. The minimum absolute atomic E-state index is 0.786. The van der Waals surface area contributed by atoms with Crippen molar-refractivity contribution in [3.63, 3.8) is 0 Å². The van der Waals surface area contributed by atoms with Crippen LogP contribution >= 0.6 is 0 Å². The number of hydrogen-bond acceptors (Lipinski definition) is 1. The second kappa shape index (κ2) is 4.38. The Labute approximate surface area is 101 Å². The highest BCUT2D eigenvalue weighted by atomic mass is 14.8. The van der Waals surface area contributed by atoms with Crippen molar-refractivity contribution in [3.05, 3.63) is 77.9 Å². The topological polar surface area (TPSA) is 12.4 Å². The second-order valence-corrected chi connectivity index (χ2v) is 4.10. The molecule has 1 heterocycles. The lowest BCUT2D eigenvalue weighted by Gasteiger charge is -1.99. The SMILES string of the molecule is C1=C(c2ccccc2)CN=C1c1ccccc1. The van der Waals surface area contributed by atoms with E-state index in [1.54, 1.807) is 0 Å². The first-order valence-corrected chi connectivity index (χ1v) is 5.79. The van der Waals surface area contributed by atoms with Crippen LogP contribution in [0.5, 0.6) is 0 Å². The molecule has 0 atom stereocenters. The van der Waals surface area contributed by atoms with Crippen LogP contribution in [0.1, 0.15) is 11.1 Å². The van der Waals surface area contributed by atoms with Crippen LogP contribution in [0.2, 0.25) is 0 Å². The zero-order chi connectivity index (χ0) is 11.5. The molecule has 1 aliphatic rings. The van der Waals surface area contributed by atoms with E-state index < -0.39 is 0 Å². The van der Waals surface area contributed by atoms with Crippen molar-refractivity contribution in [2.24, 2.45) is 4.99 Å². The van der Waals surface area contributed by atoms with Gasteiger partial charge < -0.3 is 0 Å². The number of allylic oxidation sites excluding steroid dienone is 1. The Morgan fingerprint density at radius 2 is 1.29 bits per heavy atom. The molecule has 0 fully saturated rings. The summed E-state index contributed by atoms with van der Waals surface area (Å²) < 4.78 is 0. The number of benzene rings is 2. The lowest BCUT2D eigenvalue weighted by Crippen LogP contribution is -1.92. The fraction of sp³-hybridized carbons (Fsp3) is 0.0625. The lowest BCUT2D eigenvalue weighted by atomic mass is 10.0. The van der Waals surface area contributed by atoms with Gasteiger partial charge in [0.15, 0.2) is 0 Å². The Morgan fingerprint density at radius 3 is 1.94 bits per heavy atom. The van der Waals surface area contributed by atoms with E-state index in [2.05, 4.69) is 47.5 Å². The van der Waals surface area contributed by atoms with Gasteiger partial charge in [0.2, 0.25) is 0 Å². The van der Waals surface area contributed by atoms with Crippen LogP contribution in [0.3, 0.4) is 0 Å². The van der Waals surface area contributed by atoms with Gasteiger partial charge >= 0.3 is 0 Å². The van der Waals surface area contributed by atoms with Gasteiger partial charge in [-0.1, -0.05) is 60.7 Å². The maximum absolute atomic E-state index is 4.59. The molecule has 0 saturated carbocycles. The highest BCUT2D eigenvalue weighted by Gasteiger charge is 2.10. The fourth-order valence-electron chi connectivity index (χ4n) is 2.04. The van der Waals surface area contributed by atoms with E-state index in [1.807, 2.05) is 24.3 Å². The molecule has 1 nitrogen and oxygen atoms in total. The third-order valence-corrected chi connectivity index (χ3v) is 2.94. The molecule has 1 aliphatic heterocycles. The van der Waals surface area contributed by atoms with Crippen molar-refractivity contribution < 1.29 is 0 Å². The number of nitrogens with zero attached hydrogens (tertiary/aromatic N) is 1. The van der Waals surface area contributed by atoms with Crippen LogP contribution in [-0.2, 0) is 0 Å². The summed E-state index contributed by atoms with van der Waals surface area (Å²) in [5.41, 5.74) is 4.84. The van der Waals surface area contributed by atoms with Gasteiger partial charge in [0.05, 0.1) is 12.3 Å². The molecule has 0 aromatic heterocycles. The fourth-order valence-corrected chi connectivity index (χ4v) is 2.04. The Kier molecular flexibility index (Phi) is 2.59. The van der Waals surface area contributed by atoms with Gasteiger partial charge in [-0.05, 0) is 22.8 Å². The summed E-state index contributed by atoms with van der Waals surface area (Å²) in [4.78, 5) is 4.59. The molecular formula is C16H13N. The third-order valence-electron chi connectivity index (χ3n) is 2.94. The smallest absolute Gasteiger partial charge is 0.0654 e. The van der Waals surface area contributed by atoms with E-state index >= 15 is 0 Å². The molecule has 17 heavy (non-hydrogen) atoms. The second-order valence-electron chi connectivity index (χ2n) is 4.10. The number of rotatable bonds is 2. The van der Waals surface area contributed by atoms with Gasteiger partial charge in [-0.3, -0.25) is 4.99 Å². The van der Waals surface area contributed by atoms with Crippen molar-refractivity contribution in [1.82, 2.24) is 0 Å². The summed E-state index contributed by atoms with van der Waals surface area (Å²) in [6.07, 6.45) is 2.19. The molecule has 0 unspecified atom stereocenters. The van der Waals surface area contributed by atoms with Gasteiger partial charge in [-0.2, -0.15) is 0 Å². The third kappa shape index (κ3) is 2.04. The van der Waals surface area contributed by atoms with Gasteiger partial charge in [0.25, 0.3) is 0 Å². The molecule has 1 heteroatoms. The predicted octanol–water partition coefficient (Wildman–Crippen LogP) is 3.57. The molecule has 3 rings (SSSR count). The van der Waals surface area contributed by atoms with E-state index in [1.165, 1.54) is 16.7 Å². The van der Waals surface area contributed by atoms with Gasteiger partial charge in [-0.15, -0.1) is 0 Å². The first-order chi connectivity index (χ1) is 8.43. The summed E-state index contributed by atoms with van der Waals surface area (Å²) in [7, 11) is 0. The Bertz CT molecular complexity index is 565. The minimum atomic E-state index is 0.786. The summed E-state index contributed by atoms with van der Waals surface area (Å²) in [5.74, 6) is 0. The molecule has 0 amide bonds. The van der Waals surface area contributed by atoms with E-state index in [9.17, 15) is 0 Å². The van der Waals surface area contributed by atoms with E-state index in [0.717, 1.165) is 12.3 Å². The monoisotopic (exact) mass is 219 g/mol. The molecule has 0 radical (unpaired) electrons. The van der Waals surface area contributed by atoms with Crippen LogP contribution in [-0.4, -0.2) is 12.3 Å². The van der Waals surface area contributed by atoms with E-state index in [4.69, 9.17) is 0 Å². The van der Waals surface area contributed by atoms with Crippen molar-refractivity contribution in [2.75, 3.05) is 6.54 Å². The minimum Gasteiger partial charge on any atom is -0.280 e. The summed E-state index contributed by atoms with van der Waals surface area (Å²) in [5, 5.41) is 0. The molecule has 0 saturated heterocycles. The van der Waals surface area contributed by atoms with Crippen LogP contribution in [0.4, 0.5) is 0 Å². The van der Waals surface area contributed by atoms with Gasteiger partial charge in [0.1, 0.15) is 0 Å². The van der Waals surface area contributed by atoms with Crippen molar-refractivity contribution >= 4 is 11.3 Å². The average Bonchev–Trinajstić information content (AvgIpc) is 2.90. The Hall–Kier alpha value is -2.15. The number of hydrogen-bond donors (Lipinski definition) is 0. The zero-order valence-electron chi connectivity index (χ0n) is 9.51. The molecule has 82 valence electrons. The first kappa shape index (κ1) is 10.0. The molecule has 2 aromatic carbocycles. The molecule has 2 aromatic rings. The van der Waals surface area contributed by atoms with Crippen molar-refractivity contribution in [3.8, 4) is 0 Å². The van der Waals surface area contributed by atoms with Gasteiger partial charge in [-0.25, -0.2) is 0 Å². The van der Waals surface area contributed by atoms with Gasteiger partial charge in [0, 0.05) is 0 Å². The normalized spacial score (nSPS) is 14.4. The Balaban J connectivity index is 1.91. The summed E-state index contributed by atoms with van der Waals surface area (Å²) in [6.45, 7) is 0.786. The predicted molar refractivity (Wildman–Crippen MR) is 72.3 cm³/mol. The van der Waals surface area contributed by atoms with Crippen LogP contribution < -0.4 is 0 Å². The standard InChI is InChI=1S/C16H13N/c1-3-7-13(8-4-1)15-11-16(17-12-15)14-9-5-2-6-10-14/h1-11H,12H2. The van der Waals surface area contributed by atoms with E-state index in [0.29, 0.717) is 0 Å².